The third-order valence-corrected chi connectivity index (χ3v) is 3.26. The summed E-state index contributed by atoms with van der Waals surface area (Å²) in [6.07, 6.45) is 5.44. The van der Waals surface area contributed by atoms with E-state index >= 15 is 0 Å². The third-order valence-electron chi connectivity index (χ3n) is 3.26. The monoisotopic (exact) mass is 170 g/mol. The molecule has 2 heteroatoms. The zero-order valence-corrected chi connectivity index (χ0v) is 8.61. The van der Waals surface area contributed by atoms with Crippen LogP contribution in [0.25, 0.3) is 0 Å². The molecule has 0 amide bonds. The van der Waals surface area contributed by atoms with Crippen LogP contribution in [0.5, 0.6) is 0 Å². The summed E-state index contributed by atoms with van der Waals surface area (Å²) in [5.74, 6) is 0. The molecule has 0 heterocycles. The first-order chi connectivity index (χ1) is 5.72. The molecule has 0 spiro atoms. The molecule has 0 aromatic heterocycles. The average molecular weight is 170 g/mol. The summed E-state index contributed by atoms with van der Waals surface area (Å²) in [6.45, 7) is 5.61. The van der Waals surface area contributed by atoms with Crippen LogP contribution in [0.15, 0.2) is 0 Å². The molecule has 1 saturated carbocycles. The minimum atomic E-state index is 0.505. The van der Waals surface area contributed by atoms with Gasteiger partial charge in [-0.05, 0) is 39.7 Å². The van der Waals surface area contributed by atoms with E-state index in [0.717, 1.165) is 6.54 Å². The normalized spacial score (nSPS) is 23.2. The standard InChI is InChI=1S/C10H22N2/c1-4-10(6-5-7-10)12-8-9(2)11-3/h9,11-12H,4-8H2,1-3H3. The number of hydrogen-bond donors (Lipinski definition) is 2. The average Bonchev–Trinajstić information content (AvgIpc) is 2.03. The van der Waals surface area contributed by atoms with Gasteiger partial charge < -0.3 is 10.6 Å². The number of rotatable bonds is 5. The van der Waals surface area contributed by atoms with Crippen molar-refractivity contribution in [1.29, 1.82) is 0 Å². The predicted molar refractivity (Wildman–Crippen MR) is 53.4 cm³/mol. The van der Waals surface area contributed by atoms with Gasteiger partial charge in [-0.15, -0.1) is 0 Å². The first kappa shape index (κ1) is 10.0. The summed E-state index contributed by atoms with van der Waals surface area (Å²) < 4.78 is 0. The topological polar surface area (TPSA) is 24.1 Å². The molecule has 1 aliphatic rings. The molecule has 72 valence electrons. The Morgan fingerprint density at radius 1 is 1.42 bits per heavy atom. The van der Waals surface area contributed by atoms with Crippen LogP contribution in [0.1, 0.15) is 39.5 Å². The Bertz CT molecular complexity index is 124. The molecule has 0 aliphatic heterocycles. The lowest BCUT2D eigenvalue weighted by Gasteiger charge is -2.43. The van der Waals surface area contributed by atoms with E-state index in [1.165, 1.54) is 25.7 Å². The zero-order chi connectivity index (χ0) is 9.03. The van der Waals surface area contributed by atoms with Crippen molar-refractivity contribution in [2.75, 3.05) is 13.6 Å². The highest BCUT2D eigenvalue weighted by atomic mass is 15.0. The molecule has 1 unspecified atom stereocenters. The van der Waals surface area contributed by atoms with E-state index in [9.17, 15) is 0 Å². The molecule has 1 aliphatic carbocycles. The molecule has 1 fully saturated rings. The Hall–Kier alpha value is -0.0800. The lowest BCUT2D eigenvalue weighted by Crippen LogP contribution is -2.53. The quantitative estimate of drug-likeness (QED) is 0.653. The lowest BCUT2D eigenvalue weighted by molar-refractivity contribution is 0.173. The SMILES string of the molecule is CCC1(NCC(C)NC)CCC1. The van der Waals surface area contributed by atoms with Gasteiger partial charge in [0.15, 0.2) is 0 Å². The minimum Gasteiger partial charge on any atom is -0.316 e. The van der Waals surface area contributed by atoms with Crippen molar-refractivity contribution in [2.24, 2.45) is 0 Å². The van der Waals surface area contributed by atoms with E-state index in [1.54, 1.807) is 0 Å². The maximum Gasteiger partial charge on any atom is 0.0179 e. The maximum absolute atomic E-state index is 3.67. The second-order valence-corrected chi connectivity index (χ2v) is 4.06. The van der Waals surface area contributed by atoms with Gasteiger partial charge in [0.25, 0.3) is 0 Å². The molecule has 0 aromatic rings. The molecule has 2 nitrogen and oxygen atoms in total. The van der Waals surface area contributed by atoms with Gasteiger partial charge in [-0.3, -0.25) is 0 Å². The Morgan fingerprint density at radius 3 is 2.42 bits per heavy atom. The fourth-order valence-corrected chi connectivity index (χ4v) is 1.73. The van der Waals surface area contributed by atoms with E-state index in [0.29, 0.717) is 11.6 Å². The van der Waals surface area contributed by atoms with Crippen molar-refractivity contribution in [2.45, 2.75) is 51.1 Å². The highest BCUT2D eigenvalue weighted by Gasteiger charge is 2.34. The fourth-order valence-electron chi connectivity index (χ4n) is 1.73. The smallest absolute Gasteiger partial charge is 0.0179 e. The predicted octanol–water partition coefficient (Wildman–Crippen LogP) is 1.52. The van der Waals surface area contributed by atoms with Crippen molar-refractivity contribution < 1.29 is 0 Å². The van der Waals surface area contributed by atoms with E-state index in [2.05, 4.69) is 24.5 Å². The van der Waals surface area contributed by atoms with Crippen molar-refractivity contribution in [1.82, 2.24) is 10.6 Å². The molecule has 2 N–H and O–H groups in total. The second kappa shape index (κ2) is 4.24. The molecule has 0 aromatic carbocycles. The highest BCUT2D eigenvalue weighted by molar-refractivity contribution is 4.95. The van der Waals surface area contributed by atoms with Crippen molar-refractivity contribution in [3.8, 4) is 0 Å². The number of hydrogen-bond acceptors (Lipinski definition) is 2. The molecule has 0 bridgehead atoms. The molecule has 1 rings (SSSR count). The van der Waals surface area contributed by atoms with Crippen LogP contribution in [0.4, 0.5) is 0 Å². The van der Waals surface area contributed by atoms with Crippen LogP contribution >= 0.6 is 0 Å². The van der Waals surface area contributed by atoms with E-state index in [-0.39, 0.29) is 0 Å². The van der Waals surface area contributed by atoms with Gasteiger partial charge in [0.1, 0.15) is 0 Å². The van der Waals surface area contributed by atoms with Gasteiger partial charge in [0.2, 0.25) is 0 Å². The van der Waals surface area contributed by atoms with Crippen LogP contribution < -0.4 is 10.6 Å². The van der Waals surface area contributed by atoms with Crippen LogP contribution in [0, 0.1) is 0 Å². The molecular formula is C10H22N2. The largest absolute Gasteiger partial charge is 0.316 e. The first-order valence-corrected chi connectivity index (χ1v) is 5.15. The third kappa shape index (κ3) is 2.20. The van der Waals surface area contributed by atoms with E-state index < -0.39 is 0 Å². The van der Waals surface area contributed by atoms with Gasteiger partial charge in [-0.1, -0.05) is 6.92 Å². The van der Waals surface area contributed by atoms with Gasteiger partial charge in [-0.25, -0.2) is 0 Å². The summed E-state index contributed by atoms with van der Waals surface area (Å²) >= 11 is 0. The van der Waals surface area contributed by atoms with Crippen LogP contribution in [0.2, 0.25) is 0 Å². The summed E-state index contributed by atoms with van der Waals surface area (Å²) in [7, 11) is 2.02. The maximum atomic E-state index is 3.67. The molecule has 1 atom stereocenters. The first-order valence-electron chi connectivity index (χ1n) is 5.15. The minimum absolute atomic E-state index is 0.505. The Labute approximate surface area is 76.1 Å². The molecule has 0 saturated heterocycles. The Balaban J connectivity index is 2.20. The summed E-state index contributed by atoms with van der Waals surface area (Å²) in [5, 5.41) is 6.92. The Kier molecular flexibility index (Phi) is 3.53. The van der Waals surface area contributed by atoms with Crippen molar-refractivity contribution in [3.63, 3.8) is 0 Å². The molecular weight excluding hydrogens is 148 g/mol. The molecule has 0 radical (unpaired) electrons. The van der Waals surface area contributed by atoms with Gasteiger partial charge in [0.05, 0.1) is 0 Å². The summed E-state index contributed by atoms with van der Waals surface area (Å²) in [6, 6.07) is 0.592. The van der Waals surface area contributed by atoms with Crippen LogP contribution in [-0.4, -0.2) is 25.2 Å². The van der Waals surface area contributed by atoms with E-state index in [4.69, 9.17) is 0 Å². The van der Waals surface area contributed by atoms with Gasteiger partial charge in [-0.2, -0.15) is 0 Å². The Morgan fingerprint density at radius 2 is 2.08 bits per heavy atom. The summed E-state index contributed by atoms with van der Waals surface area (Å²) in [4.78, 5) is 0. The number of likely N-dealkylation sites (N-methyl/N-ethyl adjacent to an activating group) is 1. The van der Waals surface area contributed by atoms with Crippen molar-refractivity contribution >= 4 is 0 Å². The van der Waals surface area contributed by atoms with Crippen molar-refractivity contribution in [3.05, 3.63) is 0 Å². The zero-order valence-electron chi connectivity index (χ0n) is 8.61. The van der Waals surface area contributed by atoms with Gasteiger partial charge >= 0.3 is 0 Å². The number of nitrogens with one attached hydrogen (secondary N) is 2. The second-order valence-electron chi connectivity index (χ2n) is 4.06. The lowest BCUT2D eigenvalue weighted by atomic mass is 9.75. The fraction of sp³-hybridized carbons (Fsp3) is 1.00. The van der Waals surface area contributed by atoms with Gasteiger partial charge in [0, 0.05) is 18.1 Å². The van der Waals surface area contributed by atoms with E-state index in [1.807, 2.05) is 7.05 Å². The van der Waals surface area contributed by atoms with Crippen LogP contribution in [-0.2, 0) is 0 Å². The summed E-state index contributed by atoms with van der Waals surface area (Å²) in [5.41, 5.74) is 0.505. The highest BCUT2D eigenvalue weighted by Crippen LogP contribution is 2.34. The van der Waals surface area contributed by atoms with Crippen LogP contribution in [0.3, 0.4) is 0 Å². The molecule has 12 heavy (non-hydrogen) atoms.